The Morgan fingerprint density at radius 2 is 1.84 bits per heavy atom. The van der Waals surface area contributed by atoms with E-state index in [0.29, 0.717) is 49.4 Å². The summed E-state index contributed by atoms with van der Waals surface area (Å²) in [4.78, 5) is 27.9. The number of benzene rings is 2. The Kier molecular flexibility index (Phi) is 6.72. The van der Waals surface area contributed by atoms with E-state index in [-0.39, 0.29) is 17.6 Å². The Balaban J connectivity index is 1.26. The van der Waals surface area contributed by atoms with Crippen molar-refractivity contribution >= 4 is 17.6 Å². The van der Waals surface area contributed by atoms with E-state index in [9.17, 15) is 14.9 Å². The van der Waals surface area contributed by atoms with Gasteiger partial charge in [0.2, 0.25) is 5.91 Å². The molecule has 2 aromatic heterocycles. The van der Waals surface area contributed by atoms with Crippen LogP contribution in [0.15, 0.2) is 77.4 Å². The Morgan fingerprint density at radius 1 is 1.08 bits per heavy atom. The van der Waals surface area contributed by atoms with E-state index in [1.807, 2.05) is 54.6 Å². The van der Waals surface area contributed by atoms with Gasteiger partial charge in [0.1, 0.15) is 23.5 Å². The van der Waals surface area contributed by atoms with Crippen LogP contribution in [-0.4, -0.2) is 39.1 Å². The van der Waals surface area contributed by atoms with Gasteiger partial charge in [-0.3, -0.25) is 9.59 Å². The third kappa shape index (κ3) is 4.82. The Hall–Kier alpha value is -4.84. The zero-order valence-corrected chi connectivity index (χ0v) is 20.1. The molecule has 2 aromatic carbocycles. The second-order valence-corrected chi connectivity index (χ2v) is 8.86. The standard InChI is InChI=1S/C28H26N6O3/c29-17-22-23(32-34(26(22)30)21-10-2-1-3-11-21)12-6-14-31-27(35)24-16-19-8-4-5-9-20(19)18-33(24)28(36)25-13-7-15-37-25/h1-5,7-11,13,15,24H,6,12,14,16,18,30H2,(H,31,35). The van der Waals surface area contributed by atoms with Crippen molar-refractivity contribution in [2.24, 2.45) is 0 Å². The normalized spacial score (nSPS) is 14.6. The van der Waals surface area contributed by atoms with Crippen LogP contribution in [0.3, 0.4) is 0 Å². The molecular weight excluding hydrogens is 468 g/mol. The van der Waals surface area contributed by atoms with Crippen molar-refractivity contribution in [3.63, 3.8) is 0 Å². The second-order valence-electron chi connectivity index (χ2n) is 8.86. The number of hydrogen-bond acceptors (Lipinski definition) is 6. The van der Waals surface area contributed by atoms with Crippen LogP contribution in [0.1, 0.15) is 39.4 Å². The van der Waals surface area contributed by atoms with E-state index in [4.69, 9.17) is 10.2 Å². The lowest BCUT2D eigenvalue weighted by molar-refractivity contribution is -0.126. The maximum Gasteiger partial charge on any atom is 0.290 e. The average molecular weight is 495 g/mol. The highest BCUT2D eigenvalue weighted by molar-refractivity contribution is 5.96. The topological polar surface area (TPSA) is 130 Å². The van der Waals surface area contributed by atoms with Crippen molar-refractivity contribution in [2.75, 3.05) is 12.3 Å². The molecule has 3 N–H and O–H groups in total. The Labute approximate surface area is 214 Å². The molecule has 0 radical (unpaired) electrons. The Morgan fingerprint density at radius 3 is 2.57 bits per heavy atom. The maximum atomic E-state index is 13.2. The summed E-state index contributed by atoms with van der Waals surface area (Å²) in [6.45, 7) is 0.693. The molecule has 0 aliphatic carbocycles. The van der Waals surface area contributed by atoms with E-state index < -0.39 is 6.04 Å². The fourth-order valence-corrected chi connectivity index (χ4v) is 4.64. The van der Waals surface area contributed by atoms with E-state index in [0.717, 1.165) is 16.8 Å². The highest BCUT2D eigenvalue weighted by Gasteiger charge is 2.35. The van der Waals surface area contributed by atoms with Gasteiger partial charge in [-0.05, 0) is 48.2 Å². The molecule has 1 unspecified atom stereocenters. The van der Waals surface area contributed by atoms with E-state index in [1.54, 1.807) is 21.7 Å². The van der Waals surface area contributed by atoms with Crippen molar-refractivity contribution in [2.45, 2.75) is 31.8 Å². The number of fused-ring (bicyclic) bond motifs is 1. The molecule has 3 heterocycles. The number of furan rings is 1. The quantitative estimate of drug-likeness (QED) is 0.379. The SMILES string of the molecule is N#Cc1c(CCCNC(=O)C2Cc3ccccc3CN2C(=O)c2ccco2)nn(-c2ccccc2)c1N. The molecule has 9 heteroatoms. The molecule has 2 amide bonds. The number of hydrogen-bond donors (Lipinski definition) is 2. The van der Waals surface area contributed by atoms with E-state index in [1.165, 1.54) is 6.26 Å². The number of anilines is 1. The summed E-state index contributed by atoms with van der Waals surface area (Å²) in [5, 5.41) is 17.1. The highest BCUT2D eigenvalue weighted by atomic mass is 16.3. The third-order valence-corrected chi connectivity index (χ3v) is 6.54. The Bertz CT molecular complexity index is 1450. The molecule has 1 aliphatic rings. The van der Waals surface area contributed by atoms with Gasteiger partial charge in [0.05, 0.1) is 17.6 Å². The first-order valence-corrected chi connectivity index (χ1v) is 12.1. The number of nitrogen functional groups attached to an aromatic ring is 1. The average Bonchev–Trinajstić information content (AvgIpc) is 3.58. The summed E-state index contributed by atoms with van der Waals surface area (Å²) in [7, 11) is 0. The number of nitrogens with two attached hydrogens (primary N) is 1. The minimum Gasteiger partial charge on any atom is -0.459 e. The lowest BCUT2D eigenvalue weighted by Crippen LogP contribution is -2.52. The van der Waals surface area contributed by atoms with Gasteiger partial charge in [-0.15, -0.1) is 0 Å². The van der Waals surface area contributed by atoms with Crippen LogP contribution in [0.25, 0.3) is 5.69 Å². The predicted molar refractivity (Wildman–Crippen MR) is 137 cm³/mol. The summed E-state index contributed by atoms with van der Waals surface area (Å²) in [5.41, 5.74) is 9.94. The molecular formula is C28H26N6O3. The maximum absolute atomic E-state index is 13.2. The molecule has 0 fully saturated rings. The second kappa shape index (κ2) is 10.4. The molecule has 0 spiro atoms. The number of carbonyl (C=O) groups excluding carboxylic acids is 2. The van der Waals surface area contributed by atoms with Crippen LogP contribution in [0.4, 0.5) is 5.82 Å². The molecule has 4 aromatic rings. The first-order chi connectivity index (χ1) is 18.1. The summed E-state index contributed by atoms with van der Waals surface area (Å²) in [6, 6.07) is 22.0. The lowest BCUT2D eigenvalue weighted by Gasteiger charge is -2.35. The van der Waals surface area contributed by atoms with Crippen LogP contribution in [0, 0.1) is 11.3 Å². The zero-order valence-electron chi connectivity index (χ0n) is 20.1. The van der Waals surface area contributed by atoms with Crippen LogP contribution in [-0.2, 0) is 24.2 Å². The summed E-state index contributed by atoms with van der Waals surface area (Å²) in [6.07, 6.45) is 2.89. The number of rotatable bonds is 7. The number of amides is 2. The first-order valence-electron chi connectivity index (χ1n) is 12.1. The van der Waals surface area contributed by atoms with Gasteiger partial charge in [0.15, 0.2) is 5.76 Å². The van der Waals surface area contributed by atoms with Crippen LogP contribution >= 0.6 is 0 Å². The first kappa shape index (κ1) is 23.9. The minimum atomic E-state index is -0.657. The lowest BCUT2D eigenvalue weighted by atomic mass is 9.93. The fourth-order valence-electron chi connectivity index (χ4n) is 4.64. The molecule has 5 rings (SSSR count). The van der Waals surface area contributed by atoms with Gasteiger partial charge < -0.3 is 20.4 Å². The van der Waals surface area contributed by atoms with Crippen molar-refractivity contribution in [3.8, 4) is 11.8 Å². The summed E-state index contributed by atoms with van der Waals surface area (Å²) < 4.78 is 6.87. The molecule has 9 nitrogen and oxygen atoms in total. The molecule has 0 saturated heterocycles. The van der Waals surface area contributed by atoms with Gasteiger partial charge in [0.25, 0.3) is 5.91 Å². The van der Waals surface area contributed by atoms with E-state index in [2.05, 4.69) is 16.5 Å². The summed E-state index contributed by atoms with van der Waals surface area (Å²) >= 11 is 0. The number of aromatic nitrogens is 2. The molecule has 0 bridgehead atoms. The van der Waals surface area contributed by atoms with Gasteiger partial charge in [-0.2, -0.15) is 10.4 Å². The number of carbonyl (C=O) groups is 2. The fraction of sp³-hybridized carbons (Fsp3) is 0.214. The van der Waals surface area contributed by atoms with Crippen molar-refractivity contribution in [3.05, 3.63) is 101 Å². The van der Waals surface area contributed by atoms with Gasteiger partial charge in [-0.25, -0.2) is 4.68 Å². The minimum absolute atomic E-state index is 0.202. The van der Waals surface area contributed by atoms with Gasteiger partial charge >= 0.3 is 0 Å². The van der Waals surface area contributed by atoms with Gasteiger partial charge in [0, 0.05) is 19.5 Å². The van der Waals surface area contributed by atoms with Crippen molar-refractivity contribution in [1.82, 2.24) is 20.0 Å². The van der Waals surface area contributed by atoms with Crippen molar-refractivity contribution < 1.29 is 14.0 Å². The van der Waals surface area contributed by atoms with E-state index >= 15 is 0 Å². The molecule has 1 atom stereocenters. The number of aryl methyl sites for hydroxylation is 1. The van der Waals surface area contributed by atoms with Crippen LogP contribution in [0.2, 0.25) is 0 Å². The number of nitriles is 1. The largest absolute Gasteiger partial charge is 0.459 e. The smallest absolute Gasteiger partial charge is 0.290 e. The third-order valence-electron chi connectivity index (χ3n) is 6.54. The zero-order chi connectivity index (χ0) is 25.8. The number of nitrogens with zero attached hydrogens (tertiary/aromatic N) is 4. The number of nitrogens with one attached hydrogen (secondary N) is 1. The molecule has 0 saturated carbocycles. The van der Waals surface area contributed by atoms with Gasteiger partial charge in [-0.1, -0.05) is 42.5 Å². The van der Waals surface area contributed by atoms with Crippen molar-refractivity contribution in [1.29, 1.82) is 5.26 Å². The molecule has 186 valence electrons. The highest BCUT2D eigenvalue weighted by Crippen LogP contribution is 2.26. The molecule has 1 aliphatic heterocycles. The summed E-state index contributed by atoms with van der Waals surface area (Å²) in [5.74, 6) is -0.0574. The molecule has 37 heavy (non-hydrogen) atoms. The monoisotopic (exact) mass is 494 g/mol. The number of para-hydroxylation sites is 1. The predicted octanol–water partition coefficient (Wildman–Crippen LogP) is 3.24. The van der Waals surface area contributed by atoms with Crippen LogP contribution < -0.4 is 11.1 Å². The van der Waals surface area contributed by atoms with Crippen LogP contribution in [0.5, 0.6) is 0 Å².